The van der Waals surface area contributed by atoms with Crippen molar-refractivity contribution in [1.82, 2.24) is 4.98 Å². The minimum absolute atomic E-state index is 0.364. The molecule has 6 nitrogen and oxygen atoms in total. The zero-order valence-corrected chi connectivity index (χ0v) is 15.8. The van der Waals surface area contributed by atoms with E-state index in [1.54, 1.807) is 42.6 Å². The van der Waals surface area contributed by atoms with Gasteiger partial charge < -0.3 is 15.4 Å². The van der Waals surface area contributed by atoms with Gasteiger partial charge in [-0.05, 0) is 31.2 Å². The summed E-state index contributed by atoms with van der Waals surface area (Å²) in [6.07, 6.45) is 0. The van der Waals surface area contributed by atoms with Crippen molar-refractivity contribution in [3.05, 3.63) is 64.5 Å². The quantitative estimate of drug-likeness (QED) is 0.632. The molecule has 3 aromatic rings. The summed E-state index contributed by atoms with van der Waals surface area (Å²) < 4.78 is 5.12. The molecule has 0 aliphatic heterocycles. The summed E-state index contributed by atoms with van der Waals surface area (Å²) in [5.41, 5.74) is 3.43. The Morgan fingerprint density at radius 2 is 1.96 bits per heavy atom. The van der Waals surface area contributed by atoms with E-state index in [4.69, 9.17) is 4.74 Å². The van der Waals surface area contributed by atoms with Crippen molar-refractivity contribution >= 4 is 34.6 Å². The summed E-state index contributed by atoms with van der Waals surface area (Å²) in [6, 6.07) is 14.3. The second-order valence-electron chi connectivity index (χ2n) is 5.75. The Kier molecular flexibility index (Phi) is 5.83. The van der Waals surface area contributed by atoms with Gasteiger partial charge in [-0.1, -0.05) is 24.3 Å². The van der Waals surface area contributed by atoms with Crippen LogP contribution in [0.3, 0.4) is 0 Å². The molecule has 0 spiro atoms. The largest absolute Gasteiger partial charge is 0.452 e. The molecule has 0 radical (unpaired) electrons. The maximum Gasteiger partial charge on any atom is 0.340 e. The fourth-order valence-corrected chi connectivity index (χ4v) is 3.16. The number of para-hydroxylation sites is 1. The van der Waals surface area contributed by atoms with E-state index in [0.717, 1.165) is 16.3 Å². The highest BCUT2D eigenvalue weighted by Crippen LogP contribution is 2.24. The van der Waals surface area contributed by atoms with E-state index in [9.17, 15) is 9.59 Å². The number of aryl methyl sites for hydroxylation is 1. The molecule has 0 bridgehead atoms. The van der Waals surface area contributed by atoms with E-state index in [2.05, 4.69) is 15.6 Å². The van der Waals surface area contributed by atoms with Gasteiger partial charge in [0.15, 0.2) is 6.61 Å². The fourth-order valence-electron chi connectivity index (χ4n) is 2.54. The van der Waals surface area contributed by atoms with E-state index >= 15 is 0 Å². The number of carbonyl (C=O) groups excluding carboxylic acids is 2. The highest BCUT2D eigenvalue weighted by Gasteiger charge is 2.14. The molecule has 27 heavy (non-hydrogen) atoms. The average Bonchev–Trinajstić information content (AvgIpc) is 3.12. The van der Waals surface area contributed by atoms with Gasteiger partial charge in [0, 0.05) is 29.4 Å². The number of nitrogens with zero attached hydrogens (tertiary/aromatic N) is 1. The molecule has 0 aliphatic carbocycles. The third kappa shape index (κ3) is 4.71. The van der Waals surface area contributed by atoms with Crippen LogP contribution >= 0.6 is 11.3 Å². The highest BCUT2D eigenvalue weighted by atomic mass is 32.1. The Balaban J connectivity index is 1.60. The molecular weight excluding hydrogens is 362 g/mol. The number of esters is 1. The summed E-state index contributed by atoms with van der Waals surface area (Å²) in [4.78, 5) is 28.8. The Bertz CT molecular complexity index is 968. The summed E-state index contributed by atoms with van der Waals surface area (Å²) in [5, 5.41) is 8.61. The number of thiazole rings is 1. The van der Waals surface area contributed by atoms with Gasteiger partial charge in [0.2, 0.25) is 0 Å². The number of benzene rings is 2. The maximum atomic E-state index is 12.2. The van der Waals surface area contributed by atoms with E-state index in [1.807, 2.05) is 36.6 Å². The third-order valence-electron chi connectivity index (χ3n) is 3.81. The van der Waals surface area contributed by atoms with Crippen LogP contribution in [0.5, 0.6) is 0 Å². The Hall–Kier alpha value is -3.19. The molecule has 7 heteroatoms. The Labute approximate surface area is 161 Å². The summed E-state index contributed by atoms with van der Waals surface area (Å²) in [6.45, 7) is 1.58. The SMILES string of the molecule is CNc1ccccc1C(=O)OCC(=O)Nc1cccc(-c2csc(C)n2)c1. The van der Waals surface area contributed by atoms with Gasteiger partial charge in [-0.25, -0.2) is 9.78 Å². The van der Waals surface area contributed by atoms with Crippen molar-refractivity contribution < 1.29 is 14.3 Å². The van der Waals surface area contributed by atoms with Crippen molar-refractivity contribution in [2.45, 2.75) is 6.92 Å². The van der Waals surface area contributed by atoms with Crippen LogP contribution in [0.25, 0.3) is 11.3 Å². The molecule has 2 aromatic carbocycles. The molecule has 0 unspecified atom stereocenters. The van der Waals surface area contributed by atoms with Gasteiger partial charge in [-0.2, -0.15) is 0 Å². The molecule has 2 N–H and O–H groups in total. The predicted octanol–water partition coefficient (Wildman–Crippen LogP) is 3.96. The zero-order chi connectivity index (χ0) is 19.2. The Morgan fingerprint density at radius 3 is 2.70 bits per heavy atom. The average molecular weight is 381 g/mol. The van der Waals surface area contributed by atoms with Gasteiger partial charge in [0.05, 0.1) is 16.3 Å². The highest BCUT2D eigenvalue weighted by molar-refractivity contribution is 7.09. The molecular formula is C20H19N3O3S. The van der Waals surface area contributed by atoms with Crippen LogP contribution in [0.2, 0.25) is 0 Å². The minimum atomic E-state index is -0.554. The van der Waals surface area contributed by atoms with Gasteiger partial charge in [0.25, 0.3) is 5.91 Å². The molecule has 3 rings (SSSR count). The first-order valence-electron chi connectivity index (χ1n) is 8.33. The number of hydrogen-bond acceptors (Lipinski definition) is 6. The summed E-state index contributed by atoms with van der Waals surface area (Å²) in [5.74, 6) is -0.960. The van der Waals surface area contributed by atoms with Crippen LogP contribution in [0, 0.1) is 6.92 Å². The van der Waals surface area contributed by atoms with E-state index in [-0.39, 0.29) is 6.61 Å². The predicted molar refractivity (Wildman–Crippen MR) is 107 cm³/mol. The molecule has 1 aromatic heterocycles. The lowest BCUT2D eigenvalue weighted by Crippen LogP contribution is -2.21. The Morgan fingerprint density at radius 1 is 1.15 bits per heavy atom. The number of rotatable bonds is 6. The van der Waals surface area contributed by atoms with Crippen molar-refractivity contribution in [3.8, 4) is 11.3 Å². The number of anilines is 2. The van der Waals surface area contributed by atoms with Crippen LogP contribution in [0.4, 0.5) is 11.4 Å². The summed E-state index contributed by atoms with van der Waals surface area (Å²) >= 11 is 1.57. The number of aromatic nitrogens is 1. The number of amides is 1. The molecule has 1 amide bonds. The van der Waals surface area contributed by atoms with Crippen LogP contribution in [-0.4, -0.2) is 30.5 Å². The smallest absolute Gasteiger partial charge is 0.340 e. The minimum Gasteiger partial charge on any atom is -0.452 e. The van der Waals surface area contributed by atoms with Gasteiger partial charge >= 0.3 is 5.97 Å². The number of carbonyl (C=O) groups is 2. The molecule has 0 atom stereocenters. The number of ether oxygens (including phenoxy) is 1. The topological polar surface area (TPSA) is 80.3 Å². The number of nitrogens with one attached hydrogen (secondary N) is 2. The van der Waals surface area contributed by atoms with Crippen molar-refractivity contribution in [2.24, 2.45) is 0 Å². The lowest BCUT2D eigenvalue weighted by Gasteiger charge is -2.10. The molecule has 0 saturated heterocycles. The standard InChI is InChI=1S/C20H19N3O3S/c1-13-22-18(12-27-13)14-6-5-7-15(10-14)23-19(24)11-26-20(25)16-8-3-4-9-17(16)21-2/h3-10,12,21H,11H2,1-2H3,(H,23,24). The lowest BCUT2D eigenvalue weighted by atomic mass is 10.1. The van der Waals surface area contributed by atoms with Gasteiger partial charge in [-0.15, -0.1) is 11.3 Å². The molecule has 1 heterocycles. The zero-order valence-electron chi connectivity index (χ0n) is 15.0. The summed E-state index contributed by atoms with van der Waals surface area (Å²) in [7, 11) is 1.72. The third-order valence-corrected chi connectivity index (χ3v) is 4.59. The second-order valence-corrected chi connectivity index (χ2v) is 6.81. The van der Waals surface area contributed by atoms with Gasteiger partial charge in [-0.3, -0.25) is 4.79 Å². The molecule has 138 valence electrons. The van der Waals surface area contributed by atoms with Crippen molar-refractivity contribution in [3.63, 3.8) is 0 Å². The van der Waals surface area contributed by atoms with Crippen LogP contribution in [0.15, 0.2) is 53.9 Å². The molecule has 0 aliphatic rings. The van der Waals surface area contributed by atoms with Crippen molar-refractivity contribution in [1.29, 1.82) is 0 Å². The molecule has 0 saturated carbocycles. The van der Waals surface area contributed by atoms with Crippen molar-refractivity contribution in [2.75, 3.05) is 24.3 Å². The normalized spacial score (nSPS) is 10.3. The van der Waals surface area contributed by atoms with Crippen LogP contribution in [0.1, 0.15) is 15.4 Å². The van der Waals surface area contributed by atoms with E-state index in [0.29, 0.717) is 16.9 Å². The van der Waals surface area contributed by atoms with E-state index < -0.39 is 11.9 Å². The maximum absolute atomic E-state index is 12.2. The lowest BCUT2D eigenvalue weighted by molar-refractivity contribution is -0.119. The first-order chi connectivity index (χ1) is 13.1. The molecule has 0 fully saturated rings. The fraction of sp³-hybridized carbons (Fsp3) is 0.150. The number of hydrogen-bond donors (Lipinski definition) is 2. The monoisotopic (exact) mass is 381 g/mol. The van der Waals surface area contributed by atoms with Crippen LogP contribution < -0.4 is 10.6 Å². The second kappa shape index (κ2) is 8.46. The first-order valence-corrected chi connectivity index (χ1v) is 9.21. The van der Waals surface area contributed by atoms with Crippen LogP contribution in [-0.2, 0) is 9.53 Å². The van der Waals surface area contributed by atoms with Gasteiger partial charge in [0.1, 0.15) is 0 Å². The van der Waals surface area contributed by atoms with E-state index in [1.165, 1.54) is 0 Å². The first kappa shape index (κ1) is 18.6.